The van der Waals surface area contributed by atoms with E-state index in [1.165, 1.54) is 11.1 Å². The summed E-state index contributed by atoms with van der Waals surface area (Å²) in [5, 5.41) is 1.39. The van der Waals surface area contributed by atoms with Gasteiger partial charge in [-0.15, -0.1) is 0 Å². The fourth-order valence-electron chi connectivity index (χ4n) is 4.35. The summed E-state index contributed by atoms with van der Waals surface area (Å²) in [6.45, 7) is 21.9. The van der Waals surface area contributed by atoms with E-state index in [9.17, 15) is 0 Å². The minimum absolute atomic E-state index is 0.0904. The molecule has 0 bridgehead atoms. The summed E-state index contributed by atoms with van der Waals surface area (Å²) in [6, 6.07) is 0. The minimum atomic E-state index is -1.86. The van der Waals surface area contributed by atoms with Gasteiger partial charge < -0.3 is 4.74 Å². The monoisotopic (exact) mass is 358 g/mol. The van der Waals surface area contributed by atoms with Crippen LogP contribution in [0.25, 0.3) is 0 Å². The minimum Gasteiger partial charge on any atom is -0.374 e. The second-order valence-corrected chi connectivity index (χ2v) is 14.7. The molecule has 0 fully saturated rings. The molecule has 0 aliphatic heterocycles. The van der Waals surface area contributed by atoms with Crippen LogP contribution >= 0.6 is 0 Å². The number of allylic oxidation sites excluding steroid dienone is 6. The Hall–Kier alpha value is -0.863. The number of hydrogen-bond donors (Lipinski definition) is 0. The summed E-state index contributed by atoms with van der Waals surface area (Å²) < 4.78 is 6.72. The Morgan fingerprint density at radius 1 is 1.04 bits per heavy atom. The zero-order chi connectivity index (χ0) is 19.1. The molecule has 0 radical (unpaired) electrons. The highest BCUT2D eigenvalue weighted by atomic mass is 28.3. The first-order chi connectivity index (χ1) is 11.4. The van der Waals surface area contributed by atoms with Crippen molar-refractivity contribution in [3.63, 3.8) is 0 Å². The summed E-state index contributed by atoms with van der Waals surface area (Å²) in [4.78, 5) is 0. The zero-order valence-corrected chi connectivity index (χ0v) is 18.9. The van der Waals surface area contributed by atoms with Crippen LogP contribution in [-0.4, -0.2) is 19.9 Å². The van der Waals surface area contributed by atoms with Crippen molar-refractivity contribution in [2.45, 2.75) is 79.6 Å². The van der Waals surface area contributed by atoms with Gasteiger partial charge in [0.15, 0.2) is 0 Å². The molecule has 0 aromatic carbocycles. The Kier molecular flexibility index (Phi) is 5.48. The van der Waals surface area contributed by atoms with Crippen LogP contribution in [0, 0.1) is 10.8 Å². The Bertz CT molecular complexity index is 632. The lowest BCUT2D eigenvalue weighted by molar-refractivity contribution is 0.0333. The van der Waals surface area contributed by atoms with Crippen molar-refractivity contribution < 1.29 is 4.74 Å². The van der Waals surface area contributed by atoms with Crippen molar-refractivity contribution in [2.24, 2.45) is 10.8 Å². The lowest BCUT2D eigenvalue weighted by Crippen LogP contribution is -2.61. The van der Waals surface area contributed by atoms with Crippen LogP contribution in [0.15, 0.2) is 46.7 Å². The van der Waals surface area contributed by atoms with E-state index < -0.39 is 8.07 Å². The third kappa shape index (κ3) is 3.66. The van der Waals surface area contributed by atoms with E-state index in [4.69, 9.17) is 4.74 Å². The molecule has 1 atom stereocenters. The molecule has 1 nitrogen and oxygen atoms in total. The molecule has 1 unspecified atom stereocenters. The van der Waals surface area contributed by atoms with Gasteiger partial charge in [0.05, 0.1) is 5.22 Å². The Balaban J connectivity index is 2.66. The Labute approximate surface area is 156 Å². The van der Waals surface area contributed by atoms with Gasteiger partial charge in [0.25, 0.3) is 0 Å². The predicted molar refractivity (Wildman–Crippen MR) is 113 cm³/mol. The first-order valence-electron chi connectivity index (χ1n) is 9.80. The van der Waals surface area contributed by atoms with Crippen LogP contribution < -0.4 is 0 Å². The van der Waals surface area contributed by atoms with Crippen molar-refractivity contribution in [3.8, 4) is 0 Å². The predicted octanol–water partition coefficient (Wildman–Crippen LogP) is 6.78. The normalized spacial score (nSPS) is 24.9. The molecule has 0 saturated heterocycles. The number of rotatable bonds is 4. The molecule has 0 saturated carbocycles. The average Bonchev–Trinajstić information content (AvgIpc) is 3.00. The van der Waals surface area contributed by atoms with Gasteiger partial charge in [-0.25, -0.2) is 0 Å². The third-order valence-electron chi connectivity index (χ3n) is 5.91. The molecule has 0 N–H and O–H groups in total. The van der Waals surface area contributed by atoms with Crippen LogP contribution in [-0.2, 0) is 4.74 Å². The van der Waals surface area contributed by atoms with Gasteiger partial charge in [-0.1, -0.05) is 90.2 Å². The highest BCUT2D eigenvalue weighted by Crippen LogP contribution is 2.51. The lowest BCUT2D eigenvalue weighted by atomic mass is 9.73. The quantitative estimate of drug-likeness (QED) is 0.503. The van der Waals surface area contributed by atoms with Crippen LogP contribution in [0.4, 0.5) is 0 Å². The average molecular weight is 359 g/mol. The van der Waals surface area contributed by atoms with Crippen LogP contribution in [0.5, 0.6) is 0 Å². The maximum Gasteiger partial charge on any atom is 0.122 e. The van der Waals surface area contributed by atoms with Gasteiger partial charge in [0, 0.05) is 6.61 Å². The summed E-state index contributed by atoms with van der Waals surface area (Å²) in [7, 11) is -1.86. The van der Waals surface area contributed by atoms with Crippen LogP contribution in [0.2, 0.25) is 13.1 Å². The molecule has 0 aromatic heterocycles. The van der Waals surface area contributed by atoms with Gasteiger partial charge in [-0.05, 0) is 41.7 Å². The first kappa shape index (κ1) is 20.4. The van der Waals surface area contributed by atoms with Crippen molar-refractivity contribution in [2.75, 3.05) is 6.61 Å². The molecule has 0 aromatic rings. The van der Waals surface area contributed by atoms with E-state index in [-0.39, 0.29) is 16.1 Å². The highest BCUT2D eigenvalue weighted by Gasteiger charge is 2.55. The molecule has 2 aliphatic rings. The van der Waals surface area contributed by atoms with E-state index >= 15 is 0 Å². The molecule has 0 spiro atoms. The topological polar surface area (TPSA) is 9.23 Å². The second kappa shape index (κ2) is 6.70. The molecule has 2 aliphatic carbocycles. The molecule has 2 rings (SSSR count). The molecule has 2 heteroatoms. The summed E-state index contributed by atoms with van der Waals surface area (Å²) in [5.41, 5.74) is 3.21. The molecular weight excluding hydrogens is 320 g/mol. The Morgan fingerprint density at radius 3 is 2.12 bits per heavy atom. The fourth-order valence-corrected chi connectivity index (χ4v) is 8.22. The fraction of sp³-hybridized carbons (Fsp3) is 0.652. The van der Waals surface area contributed by atoms with Gasteiger partial charge in [-0.2, -0.15) is 0 Å². The van der Waals surface area contributed by atoms with Gasteiger partial charge >= 0.3 is 0 Å². The summed E-state index contributed by atoms with van der Waals surface area (Å²) in [6.07, 6.45) is 14.1. The molecular formula is C23H38OSi. The van der Waals surface area contributed by atoms with Crippen molar-refractivity contribution in [3.05, 3.63) is 46.7 Å². The molecule has 0 amide bonds. The van der Waals surface area contributed by atoms with E-state index in [0.29, 0.717) is 0 Å². The van der Waals surface area contributed by atoms with E-state index in [1.807, 2.05) is 0 Å². The largest absolute Gasteiger partial charge is 0.374 e. The molecule has 140 valence electrons. The van der Waals surface area contributed by atoms with Crippen molar-refractivity contribution in [1.82, 2.24) is 0 Å². The first-order valence-corrected chi connectivity index (χ1v) is 12.8. The van der Waals surface area contributed by atoms with Crippen LogP contribution in [0.1, 0.15) is 61.3 Å². The molecule has 0 heterocycles. The lowest BCUT2D eigenvalue weighted by Gasteiger charge is -2.52. The van der Waals surface area contributed by atoms with Crippen molar-refractivity contribution in [1.29, 1.82) is 0 Å². The maximum absolute atomic E-state index is 6.72. The van der Waals surface area contributed by atoms with E-state index in [0.717, 1.165) is 19.4 Å². The maximum atomic E-state index is 6.72. The van der Waals surface area contributed by atoms with E-state index in [1.54, 1.807) is 5.20 Å². The van der Waals surface area contributed by atoms with Crippen molar-refractivity contribution >= 4 is 8.07 Å². The number of hydrogen-bond acceptors (Lipinski definition) is 1. The summed E-state index contributed by atoms with van der Waals surface area (Å²) in [5.74, 6) is 0. The SMILES string of the molecule is CCOC1([Si](C)(C)C2=CCC=C2)CC=C(C(C)(C)C)C=C1C(C)(C)C. The highest BCUT2D eigenvalue weighted by molar-refractivity contribution is 6.88. The van der Waals surface area contributed by atoms with E-state index in [2.05, 4.69) is 91.9 Å². The van der Waals surface area contributed by atoms with Crippen LogP contribution in [0.3, 0.4) is 0 Å². The zero-order valence-electron chi connectivity index (χ0n) is 17.9. The molecule has 25 heavy (non-hydrogen) atoms. The second-order valence-electron chi connectivity index (χ2n) is 10.1. The van der Waals surface area contributed by atoms with Gasteiger partial charge in [-0.3, -0.25) is 0 Å². The van der Waals surface area contributed by atoms with Gasteiger partial charge in [0.2, 0.25) is 0 Å². The smallest absolute Gasteiger partial charge is 0.122 e. The Morgan fingerprint density at radius 2 is 1.68 bits per heavy atom. The standard InChI is InChI=1S/C23H38OSi/c1-10-24-23(25(8,9)19-13-11-12-14-19)16-15-18(21(2,3)4)17-20(23)22(5,6)7/h11,13-15,17H,10,12,16H2,1-9H3. The van der Waals surface area contributed by atoms with Gasteiger partial charge in [0.1, 0.15) is 8.07 Å². The number of ether oxygens (including phenoxy) is 1. The third-order valence-corrected chi connectivity index (χ3v) is 10.4. The summed E-state index contributed by atoms with van der Waals surface area (Å²) >= 11 is 0.